The van der Waals surface area contributed by atoms with Crippen LogP contribution in [0.4, 0.5) is 0 Å². The van der Waals surface area contributed by atoms with Gasteiger partial charge in [0.2, 0.25) is 0 Å². The highest BCUT2D eigenvalue weighted by molar-refractivity contribution is 5.74. The zero-order valence-electron chi connectivity index (χ0n) is 15.8. The molecule has 0 radical (unpaired) electrons. The van der Waals surface area contributed by atoms with Crippen molar-refractivity contribution in [2.45, 2.75) is 45.2 Å². The average Bonchev–Trinajstić information content (AvgIpc) is 2.96. The van der Waals surface area contributed by atoms with Crippen molar-refractivity contribution in [1.29, 1.82) is 0 Å². The first-order valence-electron chi connectivity index (χ1n) is 9.51. The number of phenols is 1. The lowest BCUT2D eigenvalue weighted by molar-refractivity contribution is -0.142. The van der Waals surface area contributed by atoms with Gasteiger partial charge >= 0.3 is 5.97 Å². The maximum Gasteiger partial charge on any atom is 0.320 e. The standard InChI is InChI=1S/C20H30N2O4/c1-3-8-22-14-20(12-17(22)19(24)25)6-9-21(10-7-20)13-15-11-16(23)4-5-18(15)26-2/h4-5,11,17,23H,3,6-10,12-14H2,1-2H3,(H,24,25)/t17-/m0/s1. The fourth-order valence-corrected chi connectivity index (χ4v) is 4.59. The number of hydrogen-bond acceptors (Lipinski definition) is 5. The molecule has 1 spiro atoms. The van der Waals surface area contributed by atoms with Crippen molar-refractivity contribution in [2.24, 2.45) is 5.41 Å². The summed E-state index contributed by atoms with van der Waals surface area (Å²) in [5.74, 6) is 0.371. The van der Waals surface area contributed by atoms with E-state index in [0.717, 1.165) is 69.7 Å². The van der Waals surface area contributed by atoms with E-state index in [4.69, 9.17) is 4.74 Å². The van der Waals surface area contributed by atoms with E-state index < -0.39 is 5.97 Å². The van der Waals surface area contributed by atoms with Gasteiger partial charge in [0.15, 0.2) is 0 Å². The van der Waals surface area contributed by atoms with Crippen LogP contribution >= 0.6 is 0 Å². The summed E-state index contributed by atoms with van der Waals surface area (Å²) in [6.45, 7) is 6.52. The Morgan fingerprint density at radius 2 is 2.08 bits per heavy atom. The Morgan fingerprint density at radius 1 is 1.35 bits per heavy atom. The van der Waals surface area contributed by atoms with Crippen LogP contribution in [0.25, 0.3) is 0 Å². The van der Waals surface area contributed by atoms with Gasteiger partial charge in [0.25, 0.3) is 0 Å². The van der Waals surface area contributed by atoms with Gasteiger partial charge in [0.05, 0.1) is 7.11 Å². The van der Waals surface area contributed by atoms with Crippen LogP contribution in [-0.2, 0) is 11.3 Å². The highest BCUT2D eigenvalue weighted by Gasteiger charge is 2.47. The first-order valence-corrected chi connectivity index (χ1v) is 9.51. The van der Waals surface area contributed by atoms with Gasteiger partial charge in [-0.2, -0.15) is 0 Å². The first kappa shape index (κ1) is 19.0. The molecule has 26 heavy (non-hydrogen) atoms. The topological polar surface area (TPSA) is 73.2 Å². The lowest BCUT2D eigenvalue weighted by Crippen LogP contribution is -2.41. The van der Waals surface area contributed by atoms with Crippen molar-refractivity contribution in [2.75, 3.05) is 33.3 Å². The molecule has 2 N–H and O–H groups in total. The molecule has 2 saturated heterocycles. The zero-order valence-corrected chi connectivity index (χ0v) is 15.8. The monoisotopic (exact) mass is 362 g/mol. The zero-order chi connectivity index (χ0) is 18.7. The molecule has 1 aromatic carbocycles. The van der Waals surface area contributed by atoms with Gasteiger partial charge in [-0.25, -0.2) is 0 Å². The molecule has 1 aromatic rings. The molecule has 6 nitrogen and oxygen atoms in total. The largest absolute Gasteiger partial charge is 0.508 e. The minimum Gasteiger partial charge on any atom is -0.508 e. The Labute approximate surface area is 155 Å². The van der Waals surface area contributed by atoms with Gasteiger partial charge in [-0.1, -0.05) is 6.92 Å². The summed E-state index contributed by atoms with van der Waals surface area (Å²) in [5, 5.41) is 19.3. The van der Waals surface area contributed by atoms with Crippen LogP contribution in [0.5, 0.6) is 11.5 Å². The van der Waals surface area contributed by atoms with Crippen LogP contribution in [0.15, 0.2) is 18.2 Å². The molecule has 0 aromatic heterocycles. The second kappa shape index (κ2) is 7.84. The Balaban J connectivity index is 1.63. The van der Waals surface area contributed by atoms with E-state index in [1.165, 1.54) is 0 Å². The molecule has 0 unspecified atom stereocenters. The number of aliphatic carboxylic acids is 1. The number of methoxy groups -OCH3 is 1. The molecular formula is C20H30N2O4. The quantitative estimate of drug-likeness (QED) is 0.810. The lowest BCUT2D eigenvalue weighted by Gasteiger charge is -2.39. The summed E-state index contributed by atoms with van der Waals surface area (Å²) in [7, 11) is 1.65. The van der Waals surface area contributed by atoms with Crippen molar-refractivity contribution in [3.05, 3.63) is 23.8 Å². The van der Waals surface area contributed by atoms with E-state index in [1.54, 1.807) is 25.3 Å². The second-order valence-corrected chi connectivity index (χ2v) is 7.80. The number of carboxylic acid groups (broad SMARTS) is 1. The number of phenolic OH excluding ortho intramolecular Hbond substituents is 1. The van der Waals surface area contributed by atoms with E-state index in [1.807, 2.05) is 0 Å². The molecule has 2 aliphatic rings. The third-order valence-electron chi connectivity index (χ3n) is 5.98. The third kappa shape index (κ3) is 3.96. The molecule has 0 saturated carbocycles. The maximum atomic E-state index is 11.6. The van der Waals surface area contributed by atoms with Crippen molar-refractivity contribution in [3.8, 4) is 11.5 Å². The molecule has 2 fully saturated rings. The first-order chi connectivity index (χ1) is 12.5. The van der Waals surface area contributed by atoms with Crippen LogP contribution < -0.4 is 4.74 Å². The summed E-state index contributed by atoms with van der Waals surface area (Å²) in [6, 6.07) is 4.88. The van der Waals surface area contributed by atoms with Gasteiger partial charge in [-0.3, -0.25) is 14.6 Å². The third-order valence-corrected chi connectivity index (χ3v) is 5.98. The van der Waals surface area contributed by atoms with Crippen molar-refractivity contribution < 1.29 is 19.7 Å². The van der Waals surface area contributed by atoms with E-state index in [0.29, 0.717) is 0 Å². The number of rotatable bonds is 6. The number of piperidine rings is 1. The van der Waals surface area contributed by atoms with E-state index in [9.17, 15) is 15.0 Å². The fourth-order valence-electron chi connectivity index (χ4n) is 4.59. The average molecular weight is 362 g/mol. The molecule has 1 atom stereocenters. The van der Waals surface area contributed by atoms with Gasteiger partial charge in [-0.15, -0.1) is 0 Å². The van der Waals surface area contributed by atoms with E-state index >= 15 is 0 Å². The Kier molecular flexibility index (Phi) is 5.73. The number of aromatic hydroxyl groups is 1. The van der Waals surface area contributed by atoms with Crippen LogP contribution in [0, 0.1) is 5.41 Å². The van der Waals surface area contributed by atoms with Crippen LogP contribution in [0.1, 0.15) is 38.2 Å². The fraction of sp³-hybridized carbons (Fsp3) is 0.650. The Morgan fingerprint density at radius 3 is 2.69 bits per heavy atom. The van der Waals surface area contributed by atoms with Gasteiger partial charge in [0.1, 0.15) is 17.5 Å². The number of hydrogen-bond donors (Lipinski definition) is 2. The highest BCUT2D eigenvalue weighted by atomic mass is 16.5. The van der Waals surface area contributed by atoms with Crippen molar-refractivity contribution in [1.82, 2.24) is 9.80 Å². The Hall–Kier alpha value is -1.79. The summed E-state index contributed by atoms with van der Waals surface area (Å²) < 4.78 is 5.41. The van der Waals surface area contributed by atoms with Gasteiger partial charge in [0, 0.05) is 18.7 Å². The predicted octanol–water partition coefficient (Wildman–Crippen LogP) is 2.55. The lowest BCUT2D eigenvalue weighted by atomic mass is 9.76. The molecule has 0 aliphatic carbocycles. The van der Waals surface area contributed by atoms with E-state index in [-0.39, 0.29) is 17.2 Å². The van der Waals surface area contributed by atoms with Crippen molar-refractivity contribution in [3.63, 3.8) is 0 Å². The van der Waals surface area contributed by atoms with E-state index in [2.05, 4.69) is 16.7 Å². The minimum atomic E-state index is -0.678. The van der Waals surface area contributed by atoms with Crippen LogP contribution in [0.2, 0.25) is 0 Å². The number of carbonyl (C=O) groups is 1. The Bertz CT molecular complexity index is 641. The number of carboxylic acids is 1. The summed E-state index contributed by atoms with van der Waals surface area (Å²) in [4.78, 5) is 16.2. The second-order valence-electron chi connectivity index (χ2n) is 7.80. The summed E-state index contributed by atoms with van der Waals surface area (Å²) in [5.41, 5.74) is 1.13. The molecule has 3 rings (SSSR count). The van der Waals surface area contributed by atoms with Crippen LogP contribution in [-0.4, -0.2) is 65.3 Å². The molecule has 2 aliphatic heterocycles. The molecule has 0 bridgehead atoms. The molecule has 2 heterocycles. The molecular weight excluding hydrogens is 332 g/mol. The number of likely N-dealkylation sites (tertiary alicyclic amines) is 2. The van der Waals surface area contributed by atoms with Gasteiger partial charge in [-0.05, 0) is 68.9 Å². The van der Waals surface area contributed by atoms with Crippen molar-refractivity contribution >= 4 is 5.97 Å². The minimum absolute atomic E-state index is 0.137. The molecule has 0 amide bonds. The summed E-state index contributed by atoms with van der Waals surface area (Å²) in [6.07, 6.45) is 3.81. The molecule has 6 heteroatoms. The SMILES string of the molecule is CCCN1CC2(CCN(Cc3cc(O)ccc3OC)CC2)C[C@H]1C(=O)O. The summed E-state index contributed by atoms with van der Waals surface area (Å²) >= 11 is 0. The van der Waals surface area contributed by atoms with Crippen LogP contribution in [0.3, 0.4) is 0 Å². The normalized spacial score (nSPS) is 23.4. The predicted molar refractivity (Wildman–Crippen MR) is 99.5 cm³/mol. The smallest absolute Gasteiger partial charge is 0.320 e. The number of ether oxygens (including phenoxy) is 1. The number of benzene rings is 1. The number of nitrogens with zero attached hydrogens (tertiary/aromatic N) is 2. The highest BCUT2D eigenvalue weighted by Crippen LogP contribution is 2.44. The van der Waals surface area contributed by atoms with Gasteiger partial charge < -0.3 is 14.9 Å². The molecule has 144 valence electrons. The maximum absolute atomic E-state index is 11.6.